The maximum absolute atomic E-state index is 12.5. The number of nitrogens with zero attached hydrogens (tertiary/aromatic N) is 1. The quantitative estimate of drug-likeness (QED) is 0.622. The summed E-state index contributed by atoms with van der Waals surface area (Å²) in [4.78, 5) is 34.4. The molecular formula is C16H23N3O6S. The average molecular weight is 385 g/mol. The van der Waals surface area contributed by atoms with Gasteiger partial charge in [0.1, 0.15) is 6.04 Å². The molecule has 0 aliphatic carbocycles. The number of esters is 1. The number of hydrogen-bond donors (Lipinski definition) is 2. The zero-order chi connectivity index (χ0) is 19.9. The lowest BCUT2D eigenvalue weighted by Gasteiger charge is -2.18. The largest absolute Gasteiger partial charge is 0.464 e. The number of anilines is 1. The van der Waals surface area contributed by atoms with Crippen LogP contribution >= 0.6 is 0 Å². The van der Waals surface area contributed by atoms with E-state index < -0.39 is 34.5 Å². The van der Waals surface area contributed by atoms with Crippen molar-refractivity contribution in [2.75, 3.05) is 25.5 Å². The molecule has 10 heteroatoms. The van der Waals surface area contributed by atoms with Crippen molar-refractivity contribution in [3.05, 3.63) is 24.3 Å². The standard InChI is InChI=1S/C16H23N3O6S/c1-5-25-16(22)11(2)17-15(21)10-19(4)26(23,24)14-8-6-13(7-9-14)18-12(3)20/h6-9,11H,5,10H2,1-4H3,(H,17,21)(H,18,20). The summed E-state index contributed by atoms with van der Waals surface area (Å²) >= 11 is 0. The van der Waals surface area contributed by atoms with E-state index in [-0.39, 0.29) is 17.4 Å². The van der Waals surface area contributed by atoms with Crippen LogP contribution in [0.5, 0.6) is 0 Å². The van der Waals surface area contributed by atoms with Gasteiger partial charge in [-0.05, 0) is 38.1 Å². The Morgan fingerprint density at radius 3 is 2.27 bits per heavy atom. The monoisotopic (exact) mass is 385 g/mol. The van der Waals surface area contributed by atoms with Crippen LogP contribution in [0.3, 0.4) is 0 Å². The minimum Gasteiger partial charge on any atom is -0.464 e. The molecule has 0 aromatic heterocycles. The van der Waals surface area contributed by atoms with Crippen molar-refractivity contribution in [3.63, 3.8) is 0 Å². The molecule has 0 radical (unpaired) electrons. The van der Waals surface area contributed by atoms with E-state index in [4.69, 9.17) is 4.74 Å². The molecule has 1 atom stereocenters. The summed E-state index contributed by atoms with van der Waals surface area (Å²) in [6, 6.07) is 4.68. The van der Waals surface area contributed by atoms with Crippen LogP contribution in [-0.2, 0) is 29.1 Å². The van der Waals surface area contributed by atoms with Gasteiger partial charge in [-0.15, -0.1) is 0 Å². The third-order valence-corrected chi connectivity index (χ3v) is 5.08. The lowest BCUT2D eigenvalue weighted by molar-refractivity contribution is -0.146. The Balaban J connectivity index is 2.75. The van der Waals surface area contributed by atoms with Crippen molar-refractivity contribution in [1.29, 1.82) is 0 Å². The molecule has 0 bridgehead atoms. The molecule has 2 amide bonds. The van der Waals surface area contributed by atoms with Gasteiger partial charge in [0.05, 0.1) is 18.0 Å². The van der Waals surface area contributed by atoms with Crippen LogP contribution < -0.4 is 10.6 Å². The Hall–Kier alpha value is -2.46. The first-order valence-electron chi connectivity index (χ1n) is 7.88. The molecule has 0 aliphatic rings. The predicted molar refractivity (Wildman–Crippen MR) is 94.8 cm³/mol. The summed E-state index contributed by atoms with van der Waals surface area (Å²) in [7, 11) is -2.65. The number of amides is 2. The zero-order valence-corrected chi connectivity index (χ0v) is 15.9. The number of rotatable bonds is 8. The first kappa shape index (κ1) is 21.6. The summed E-state index contributed by atoms with van der Waals surface area (Å²) < 4.78 is 30.6. The summed E-state index contributed by atoms with van der Waals surface area (Å²) in [6.45, 7) is 4.16. The van der Waals surface area contributed by atoms with Gasteiger partial charge in [-0.2, -0.15) is 4.31 Å². The van der Waals surface area contributed by atoms with Gasteiger partial charge in [0.15, 0.2) is 0 Å². The van der Waals surface area contributed by atoms with Crippen molar-refractivity contribution >= 4 is 33.5 Å². The van der Waals surface area contributed by atoms with Gasteiger partial charge in [-0.1, -0.05) is 0 Å². The van der Waals surface area contributed by atoms with Crippen molar-refractivity contribution in [2.45, 2.75) is 31.7 Å². The number of nitrogens with one attached hydrogen (secondary N) is 2. The van der Waals surface area contributed by atoms with Gasteiger partial charge in [-0.3, -0.25) is 9.59 Å². The lowest BCUT2D eigenvalue weighted by atomic mass is 10.3. The molecule has 0 saturated carbocycles. The van der Waals surface area contributed by atoms with Crippen LogP contribution in [0.25, 0.3) is 0 Å². The highest BCUT2D eigenvalue weighted by molar-refractivity contribution is 7.89. The van der Waals surface area contributed by atoms with Crippen LogP contribution in [0.15, 0.2) is 29.2 Å². The number of carbonyl (C=O) groups excluding carboxylic acids is 3. The Labute approximate surface area is 152 Å². The highest BCUT2D eigenvalue weighted by Gasteiger charge is 2.24. The fraction of sp³-hybridized carbons (Fsp3) is 0.438. The van der Waals surface area contributed by atoms with Crippen LogP contribution in [0.2, 0.25) is 0 Å². The van der Waals surface area contributed by atoms with Gasteiger partial charge in [0.2, 0.25) is 21.8 Å². The zero-order valence-electron chi connectivity index (χ0n) is 15.1. The van der Waals surface area contributed by atoms with E-state index in [2.05, 4.69) is 10.6 Å². The first-order chi connectivity index (χ1) is 12.1. The smallest absolute Gasteiger partial charge is 0.328 e. The number of benzene rings is 1. The average Bonchev–Trinajstić information content (AvgIpc) is 2.54. The molecule has 1 aromatic carbocycles. The molecule has 0 aliphatic heterocycles. The topological polar surface area (TPSA) is 122 Å². The summed E-state index contributed by atoms with van der Waals surface area (Å²) in [6.07, 6.45) is 0. The van der Waals surface area contributed by atoms with E-state index >= 15 is 0 Å². The van der Waals surface area contributed by atoms with Crippen LogP contribution in [0, 0.1) is 0 Å². The fourth-order valence-electron chi connectivity index (χ4n) is 1.99. The number of ether oxygens (including phenoxy) is 1. The van der Waals surface area contributed by atoms with Crippen LogP contribution in [-0.4, -0.2) is 56.7 Å². The minimum absolute atomic E-state index is 0.0275. The normalized spacial score (nSPS) is 12.3. The minimum atomic E-state index is -3.90. The first-order valence-corrected chi connectivity index (χ1v) is 9.32. The number of hydrogen-bond acceptors (Lipinski definition) is 6. The number of carbonyl (C=O) groups is 3. The lowest BCUT2D eigenvalue weighted by Crippen LogP contribution is -2.45. The van der Waals surface area contributed by atoms with Gasteiger partial charge < -0.3 is 15.4 Å². The van der Waals surface area contributed by atoms with Crippen molar-refractivity contribution in [1.82, 2.24) is 9.62 Å². The highest BCUT2D eigenvalue weighted by atomic mass is 32.2. The van der Waals surface area contributed by atoms with E-state index in [0.29, 0.717) is 5.69 Å². The second-order valence-electron chi connectivity index (χ2n) is 5.51. The molecular weight excluding hydrogens is 362 g/mol. The molecule has 0 spiro atoms. The van der Waals surface area contributed by atoms with Gasteiger partial charge in [-0.25, -0.2) is 13.2 Å². The number of likely N-dealkylation sites (N-methyl/N-ethyl adjacent to an activating group) is 1. The Kier molecular flexibility index (Phi) is 7.72. The molecule has 0 heterocycles. The van der Waals surface area contributed by atoms with Crippen LogP contribution in [0.1, 0.15) is 20.8 Å². The maximum atomic E-state index is 12.5. The van der Waals surface area contributed by atoms with Crippen molar-refractivity contribution in [2.24, 2.45) is 0 Å². The maximum Gasteiger partial charge on any atom is 0.328 e. The van der Waals surface area contributed by atoms with Crippen molar-refractivity contribution in [3.8, 4) is 0 Å². The molecule has 1 aromatic rings. The second-order valence-corrected chi connectivity index (χ2v) is 7.55. The Bertz CT molecular complexity index is 761. The van der Waals surface area contributed by atoms with Gasteiger partial charge in [0, 0.05) is 19.7 Å². The molecule has 26 heavy (non-hydrogen) atoms. The van der Waals surface area contributed by atoms with E-state index in [1.165, 1.54) is 45.2 Å². The third-order valence-electron chi connectivity index (χ3n) is 3.27. The Morgan fingerprint density at radius 1 is 1.19 bits per heavy atom. The molecule has 9 nitrogen and oxygen atoms in total. The molecule has 0 fully saturated rings. The predicted octanol–water partition coefficient (Wildman–Crippen LogP) is 0.333. The Morgan fingerprint density at radius 2 is 1.77 bits per heavy atom. The van der Waals surface area contributed by atoms with Gasteiger partial charge >= 0.3 is 5.97 Å². The summed E-state index contributed by atoms with van der Waals surface area (Å²) in [5.74, 6) is -1.50. The highest BCUT2D eigenvalue weighted by Crippen LogP contribution is 2.17. The third kappa shape index (κ3) is 6.12. The van der Waals surface area contributed by atoms with E-state index in [9.17, 15) is 22.8 Å². The molecule has 0 saturated heterocycles. The molecule has 144 valence electrons. The van der Waals surface area contributed by atoms with E-state index in [1.807, 2.05) is 0 Å². The molecule has 1 unspecified atom stereocenters. The second kappa shape index (κ2) is 9.30. The van der Waals surface area contributed by atoms with E-state index in [1.54, 1.807) is 6.92 Å². The molecule has 1 rings (SSSR count). The summed E-state index contributed by atoms with van der Waals surface area (Å²) in [5, 5.41) is 4.91. The van der Waals surface area contributed by atoms with Gasteiger partial charge in [0.25, 0.3) is 0 Å². The van der Waals surface area contributed by atoms with E-state index in [0.717, 1.165) is 4.31 Å². The molecule has 2 N–H and O–H groups in total. The summed E-state index contributed by atoms with van der Waals surface area (Å²) in [5.41, 5.74) is 0.458. The number of sulfonamides is 1. The SMILES string of the molecule is CCOC(=O)C(C)NC(=O)CN(C)S(=O)(=O)c1ccc(NC(C)=O)cc1. The van der Waals surface area contributed by atoms with Crippen LogP contribution in [0.4, 0.5) is 5.69 Å². The van der Waals surface area contributed by atoms with Crippen molar-refractivity contribution < 1.29 is 27.5 Å². The fourth-order valence-corrected chi connectivity index (χ4v) is 3.12.